The number of nitrogens with zero attached hydrogens (tertiary/aromatic N) is 1. The maximum Gasteiger partial charge on any atom is 0.337 e. The van der Waals surface area contributed by atoms with Gasteiger partial charge in [0, 0.05) is 19.8 Å². The lowest BCUT2D eigenvalue weighted by Gasteiger charge is -2.17. The summed E-state index contributed by atoms with van der Waals surface area (Å²) in [5.74, 6) is -2.16. The third kappa shape index (κ3) is 3.17. The first-order valence-electron chi connectivity index (χ1n) is 6.54. The van der Waals surface area contributed by atoms with Crippen molar-refractivity contribution in [3.8, 4) is 0 Å². The minimum absolute atomic E-state index is 0.0748. The number of aromatic carboxylic acids is 2. The second-order valence-electron chi connectivity index (χ2n) is 4.91. The van der Waals surface area contributed by atoms with E-state index < -0.39 is 11.9 Å². The molecule has 6 heteroatoms. The molecule has 0 unspecified atom stereocenters. The van der Waals surface area contributed by atoms with Gasteiger partial charge in [0.2, 0.25) is 0 Å². The highest BCUT2D eigenvalue weighted by atomic mass is 16.4. The van der Waals surface area contributed by atoms with Crippen molar-refractivity contribution in [2.45, 2.75) is 0 Å². The SMILES string of the molecule is CN(C)c1ccc(C(=O)O)c(Nc2ccccc2C(=O)O)c1. The maximum absolute atomic E-state index is 11.3. The fraction of sp³-hybridized carbons (Fsp3) is 0.125. The molecule has 0 fully saturated rings. The summed E-state index contributed by atoms with van der Waals surface area (Å²) in [5, 5.41) is 21.4. The third-order valence-electron chi connectivity index (χ3n) is 3.18. The van der Waals surface area contributed by atoms with Gasteiger partial charge in [0.15, 0.2) is 0 Å². The smallest absolute Gasteiger partial charge is 0.337 e. The van der Waals surface area contributed by atoms with Gasteiger partial charge >= 0.3 is 11.9 Å². The lowest BCUT2D eigenvalue weighted by molar-refractivity contribution is 0.0688. The molecule has 0 radical (unpaired) electrons. The summed E-state index contributed by atoms with van der Waals surface area (Å²) in [6.07, 6.45) is 0. The number of rotatable bonds is 5. The van der Waals surface area contributed by atoms with E-state index in [2.05, 4.69) is 5.32 Å². The predicted molar refractivity (Wildman–Crippen MR) is 84.4 cm³/mol. The van der Waals surface area contributed by atoms with E-state index in [1.54, 1.807) is 30.3 Å². The topological polar surface area (TPSA) is 89.9 Å². The highest BCUT2D eigenvalue weighted by molar-refractivity contribution is 5.99. The Bertz CT molecular complexity index is 726. The highest BCUT2D eigenvalue weighted by Gasteiger charge is 2.15. The lowest BCUT2D eigenvalue weighted by atomic mass is 10.1. The number of carboxylic acid groups (broad SMARTS) is 2. The number of carbonyl (C=O) groups is 2. The minimum atomic E-state index is -1.08. The van der Waals surface area contributed by atoms with Gasteiger partial charge in [-0.05, 0) is 30.3 Å². The number of nitrogens with one attached hydrogen (secondary N) is 1. The quantitative estimate of drug-likeness (QED) is 0.786. The average Bonchev–Trinajstić information content (AvgIpc) is 2.47. The molecule has 0 saturated carbocycles. The van der Waals surface area contributed by atoms with E-state index in [0.717, 1.165) is 5.69 Å². The van der Waals surface area contributed by atoms with E-state index in [1.807, 2.05) is 19.0 Å². The first-order chi connectivity index (χ1) is 10.4. The Morgan fingerprint density at radius 3 is 2.09 bits per heavy atom. The van der Waals surface area contributed by atoms with E-state index in [9.17, 15) is 19.8 Å². The van der Waals surface area contributed by atoms with E-state index in [1.165, 1.54) is 12.1 Å². The Labute approximate surface area is 127 Å². The van der Waals surface area contributed by atoms with Crippen LogP contribution < -0.4 is 10.2 Å². The predicted octanol–water partition coefficient (Wildman–Crippen LogP) is 2.89. The third-order valence-corrected chi connectivity index (χ3v) is 3.18. The number of hydrogen-bond acceptors (Lipinski definition) is 4. The Morgan fingerprint density at radius 1 is 0.909 bits per heavy atom. The van der Waals surface area contributed by atoms with Crippen LogP contribution in [0, 0.1) is 0 Å². The molecule has 114 valence electrons. The first kappa shape index (κ1) is 15.4. The van der Waals surface area contributed by atoms with Gasteiger partial charge in [0.1, 0.15) is 0 Å². The molecule has 0 aliphatic rings. The van der Waals surface area contributed by atoms with E-state index in [-0.39, 0.29) is 11.1 Å². The van der Waals surface area contributed by atoms with Crippen LogP contribution >= 0.6 is 0 Å². The summed E-state index contributed by atoms with van der Waals surface area (Å²) >= 11 is 0. The summed E-state index contributed by atoms with van der Waals surface area (Å²) in [7, 11) is 3.68. The zero-order chi connectivity index (χ0) is 16.3. The van der Waals surface area contributed by atoms with Crippen LogP contribution in [0.15, 0.2) is 42.5 Å². The van der Waals surface area contributed by atoms with Crippen LogP contribution in [0.2, 0.25) is 0 Å². The van der Waals surface area contributed by atoms with Gasteiger partial charge in [-0.2, -0.15) is 0 Å². The number of para-hydroxylation sites is 1. The Kier molecular flexibility index (Phi) is 4.31. The van der Waals surface area contributed by atoms with Gasteiger partial charge in [0.25, 0.3) is 0 Å². The molecule has 0 aliphatic carbocycles. The van der Waals surface area contributed by atoms with Crippen molar-refractivity contribution in [2.24, 2.45) is 0 Å². The molecule has 0 atom stereocenters. The molecule has 0 saturated heterocycles. The first-order valence-corrected chi connectivity index (χ1v) is 6.54. The molecular weight excluding hydrogens is 284 g/mol. The van der Waals surface area contributed by atoms with Gasteiger partial charge in [-0.15, -0.1) is 0 Å². The Morgan fingerprint density at radius 2 is 1.50 bits per heavy atom. The normalized spacial score (nSPS) is 10.1. The van der Waals surface area contributed by atoms with Crippen LogP contribution in [-0.2, 0) is 0 Å². The standard InChI is InChI=1S/C16H16N2O4/c1-18(2)10-7-8-12(16(21)22)14(9-10)17-13-6-4-3-5-11(13)15(19)20/h3-9,17H,1-2H3,(H,19,20)(H,21,22). The summed E-state index contributed by atoms with van der Waals surface area (Å²) in [6.45, 7) is 0. The van der Waals surface area contributed by atoms with Crippen molar-refractivity contribution >= 4 is 29.0 Å². The molecule has 0 aliphatic heterocycles. The van der Waals surface area contributed by atoms with Gasteiger partial charge in [-0.25, -0.2) is 9.59 Å². The van der Waals surface area contributed by atoms with Gasteiger partial charge in [-0.3, -0.25) is 0 Å². The summed E-state index contributed by atoms with van der Waals surface area (Å²) in [6, 6.07) is 11.2. The molecule has 0 amide bonds. The Hall–Kier alpha value is -3.02. The average molecular weight is 300 g/mol. The molecule has 2 aromatic rings. The van der Waals surface area contributed by atoms with Crippen molar-refractivity contribution in [1.29, 1.82) is 0 Å². The van der Waals surface area contributed by atoms with Crippen LogP contribution in [0.1, 0.15) is 20.7 Å². The second-order valence-corrected chi connectivity index (χ2v) is 4.91. The molecule has 3 N–H and O–H groups in total. The van der Waals surface area contributed by atoms with E-state index in [4.69, 9.17) is 0 Å². The van der Waals surface area contributed by atoms with Crippen molar-refractivity contribution in [3.63, 3.8) is 0 Å². The minimum Gasteiger partial charge on any atom is -0.478 e. The molecule has 22 heavy (non-hydrogen) atoms. The molecule has 2 aromatic carbocycles. The fourth-order valence-corrected chi connectivity index (χ4v) is 2.02. The number of hydrogen-bond donors (Lipinski definition) is 3. The van der Waals surface area contributed by atoms with Crippen molar-refractivity contribution < 1.29 is 19.8 Å². The largest absolute Gasteiger partial charge is 0.478 e. The molecular formula is C16H16N2O4. The maximum atomic E-state index is 11.3. The number of anilines is 3. The second kappa shape index (κ2) is 6.17. The molecule has 2 rings (SSSR count). The number of benzene rings is 2. The zero-order valence-corrected chi connectivity index (χ0v) is 12.2. The molecule has 6 nitrogen and oxygen atoms in total. The van der Waals surface area contributed by atoms with Crippen LogP contribution in [-0.4, -0.2) is 36.2 Å². The summed E-state index contributed by atoms with van der Waals surface area (Å²) in [5.41, 5.74) is 1.64. The van der Waals surface area contributed by atoms with Gasteiger partial charge in [-0.1, -0.05) is 12.1 Å². The zero-order valence-electron chi connectivity index (χ0n) is 12.2. The van der Waals surface area contributed by atoms with Crippen molar-refractivity contribution in [2.75, 3.05) is 24.3 Å². The Balaban J connectivity index is 2.50. The van der Waals surface area contributed by atoms with Gasteiger partial charge in [0.05, 0.1) is 22.5 Å². The van der Waals surface area contributed by atoms with Crippen LogP contribution in [0.25, 0.3) is 0 Å². The van der Waals surface area contributed by atoms with Crippen LogP contribution in [0.5, 0.6) is 0 Å². The molecule has 0 heterocycles. The summed E-state index contributed by atoms with van der Waals surface area (Å²) < 4.78 is 0. The van der Waals surface area contributed by atoms with E-state index >= 15 is 0 Å². The van der Waals surface area contributed by atoms with Crippen molar-refractivity contribution in [1.82, 2.24) is 0 Å². The van der Waals surface area contributed by atoms with Crippen LogP contribution in [0.3, 0.4) is 0 Å². The molecule has 0 aromatic heterocycles. The molecule has 0 spiro atoms. The lowest BCUT2D eigenvalue weighted by Crippen LogP contribution is -2.11. The molecule has 0 bridgehead atoms. The number of carboxylic acids is 2. The van der Waals surface area contributed by atoms with E-state index in [0.29, 0.717) is 11.4 Å². The van der Waals surface area contributed by atoms with Crippen LogP contribution in [0.4, 0.5) is 17.1 Å². The monoisotopic (exact) mass is 300 g/mol. The fourth-order valence-electron chi connectivity index (χ4n) is 2.02. The van der Waals surface area contributed by atoms with Crippen molar-refractivity contribution in [3.05, 3.63) is 53.6 Å². The summed E-state index contributed by atoms with van der Waals surface area (Å²) in [4.78, 5) is 24.4. The highest BCUT2D eigenvalue weighted by Crippen LogP contribution is 2.27. The van der Waals surface area contributed by atoms with Gasteiger partial charge < -0.3 is 20.4 Å².